The van der Waals surface area contributed by atoms with Crippen LogP contribution in [0.1, 0.15) is 239 Å². The number of carbonyl (C=O) groups excluding carboxylic acids is 3. The van der Waals surface area contributed by atoms with E-state index in [1.807, 2.05) is 0 Å². The predicted molar refractivity (Wildman–Crippen MR) is 279 cm³/mol. The number of phosphoric ester groups is 1. The third-order valence-electron chi connectivity index (χ3n) is 11.4. The largest absolute Gasteiger partial charge is 0.472 e. The summed E-state index contributed by atoms with van der Waals surface area (Å²) in [5.41, 5.74) is 0. The summed E-state index contributed by atoms with van der Waals surface area (Å²) in [5.74, 6) is -1.50. The number of aliphatic hydroxyl groups is 1. The Morgan fingerprint density at radius 1 is 0.426 bits per heavy atom. The SMILES string of the molecule is CC/C=C\C/C=C\C/C=C\CCCCCCCC(=O)OC(COC(=O)CCCCCCC/C=C\C/C=C\CCCCC)COP(=O)(O)OCC(CO)OC(=O)CCCCCCCCCCCCC. The van der Waals surface area contributed by atoms with Crippen LogP contribution in [0.4, 0.5) is 0 Å². The van der Waals surface area contributed by atoms with Crippen molar-refractivity contribution >= 4 is 25.7 Å². The Balaban J connectivity index is 4.78. The van der Waals surface area contributed by atoms with Gasteiger partial charge in [0.2, 0.25) is 0 Å². The van der Waals surface area contributed by atoms with Gasteiger partial charge in [0.25, 0.3) is 0 Å². The lowest BCUT2D eigenvalue weighted by atomic mass is 10.1. The van der Waals surface area contributed by atoms with Crippen molar-refractivity contribution in [2.45, 2.75) is 251 Å². The molecule has 0 bridgehead atoms. The summed E-state index contributed by atoms with van der Waals surface area (Å²) in [5, 5.41) is 9.77. The molecule has 3 unspecified atom stereocenters. The Labute approximate surface area is 415 Å². The lowest BCUT2D eigenvalue weighted by molar-refractivity contribution is -0.161. The fourth-order valence-electron chi connectivity index (χ4n) is 7.28. The fourth-order valence-corrected chi connectivity index (χ4v) is 8.07. The maximum Gasteiger partial charge on any atom is 0.472 e. The normalized spacial score (nSPS) is 13.9. The molecule has 0 aliphatic carbocycles. The molecule has 3 atom stereocenters. The van der Waals surface area contributed by atoms with Crippen LogP contribution in [-0.4, -0.2) is 66.5 Å². The second-order valence-corrected chi connectivity index (χ2v) is 19.5. The van der Waals surface area contributed by atoms with Gasteiger partial charge in [0.05, 0.1) is 19.8 Å². The molecule has 0 aromatic carbocycles. The predicted octanol–water partition coefficient (Wildman–Crippen LogP) is 15.6. The Hall–Kier alpha value is -2.82. The molecule has 0 radical (unpaired) electrons. The van der Waals surface area contributed by atoms with Crippen molar-refractivity contribution in [1.29, 1.82) is 0 Å². The average molecular weight is 979 g/mol. The summed E-state index contributed by atoms with van der Waals surface area (Å²) < 4.78 is 39.4. The van der Waals surface area contributed by atoms with Gasteiger partial charge in [-0.2, -0.15) is 0 Å². The summed E-state index contributed by atoms with van der Waals surface area (Å²) in [4.78, 5) is 48.4. The number of unbranched alkanes of at least 4 members (excludes halogenated alkanes) is 23. The van der Waals surface area contributed by atoms with Gasteiger partial charge >= 0.3 is 25.7 Å². The van der Waals surface area contributed by atoms with Crippen molar-refractivity contribution in [3.63, 3.8) is 0 Å². The van der Waals surface area contributed by atoms with E-state index in [4.69, 9.17) is 23.3 Å². The number of rotatable bonds is 50. The van der Waals surface area contributed by atoms with Crippen LogP contribution < -0.4 is 0 Å². The Morgan fingerprint density at radius 2 is 0.765 bits per heavy atom. The lowest BCUT2D eigenvalue weighted by Crippen LogP contribution is -2.30. The molecule has 68 heavy (non-hydrogen) atoms. The van der Waals surface area contributed by atoms with Crippen LogP contribution in [0.2, 0.25) is 0 Å². The first-order valence-corrected chi connectivity index (χ1v) is 28.7. The Bertz CT molecular complexity index is 1370. The Morgan fingerprint density at radius 3 is 1.21 bits per heavy atom. The zero-order valence-corrected chi connectivity index (χ0v) is 44.2. The maximum atomic E-state index is 12.9. The first-order valence-electron chi connectivity index (χ1n) is 27.2. The number of ether oxygens (including phenoxy) is 3. The van der Waals surface area contributed by atoms with Crippen LogP contribution in [-0.2, 0) is 42.2 Å². The number of esters is 3. The number of allylic oxidation sites excluding steroid dienone is 10. The molecule has 0 saturated carbocycles. The maximum absolute atomic E-state index is 12.9. The van der Waals surface area contributed by atoms with E-state index < -0.39 is 57.8 Å². The van der Waals surface area contributed by atoms with Gasteiger partial charge in [0.1, 0.15) is 12.7 Å². The highest BCUT2D eigenvalue weighted by Gasteiger charge is 2.28. The molecule has 2 N–H and O–H groups in total. The summed E-state index contributed by atoms with van der Waals surface area (Å²) in [6.07, 6.45) is 53.2. The molecule has 394 valence electrons. The molecule has 0 fully saturated rings. The van der Waals surface area contributed by atoms with Crippen LogP contribution in [0.5, 0.6) is 0 Å². The fraction of sp³-hybridized carbons (Fsp3) is 0.768. The number of phosphoric acid groups is 1. The van der Waals surface area contributed by atoms with E-state index in [9.17, 15) is 28.9 Å². The molecule has 0 spiro atoms. The third kappa shape index (κ3) is 48.2. The first kappa shape index (κ1) is 65.2. The standard InChI is InChI=1S/C56H99O11P/c1-4-7-10-13-16-19-22-24-26-28-31-33-36-39-42-45-54(58)63-49-53(67-56(60)47-44-41-38-35-32-29-27-25-23-20-17-14-11-8-5-2)51-65-68(61,62)64-50-52(48-57)66-55(59)46-43-40-37-34-30-21-18-15-12-9-6-3/h8,11,16-17,19-20,24-27,52-53,57H,4-7,9-10,12-15,18,21-23,28-51H2,1-3H3,(H,61,62)/b11-8-,19-16-,20-17-,26-24-,27-25-. The molecule has 0 saturated heterocycles. The van der Waals surface area contributed by atoms with E-state index in [1.54, 1.807) is 0 Å². The number of aliphatic hydroxyl groups excluding tert-OH is 1. The monoisotopic (exact) mass is 979 g/mol. The van der Waals surface area contributed by atoms with Crippen molar-refractivity contribution in [3.05, 3.63) is 60.8 Å². The third-order valence-corrected chi connectivity index (χ3v) is 12.4. The Kier molecular flexibility index (Phi) is 48.5. The minimum Gasteiger partial charge on any atom is -0.462 e. The molecule has 0 heterocycles. The van der Waals surface area contributed by atoms with Crippen molar-refractivity contribution in [3.8, 4) is 0 Å². The topological polar surface area (TPSA) is 155 Å². The molecule has 0 aromatic heterocycles. The van der Waals surface area contributed by atoms with E-state index in [-0.39, 0.29) is 25.9 Å². The van der Waals surface area contributed by atoms with Crippen molar-refractivity contribution in [1.82, 2.24) is 0 Å². The van der Waals surface area contributed by atoms with E-state index in [0.717, 1.165) is 116 Å². The number of carbonyl (C=O) groups is 3. The molecule has 0 aliphatic heterocycles. The minimum atomic E-state index is -4.75. The van der Waals surface area contributed by atoms with E-state index >= 15 is 0 Å². The molecular weight excluding hydrogens is 880 g/mol. The second-order valence-electron chi connectivity index (χ2n) is 18.0. The van der Waals surface area contributed by atoms with E-state index in [0.29, 0.717) is 19.3 Å². The molecule has 0 rings (SSSR count). The highest BCUT2D eigenvalue weighted by Crippen LogP contribution is 2.43. The zero-order chi connectivity index (χ0) is 49.9. The summed E-state index contributed by atoms with van der Waals surface area (Å²) >= 11 is 0. The molecule has 12 heteroatoms. The van der Waals surface area contributed by atoms with Gasteiger partial charge in [-0.05, 0) is 83.5 Å². The molecule has 0 aromatic rings. The second kappa shape index (κ2) is 50.6. The van der Waals surface area contributed by atoms with E-state index in [1.165, 1.54) is 64.2 Å². The highest BCUT2D eigenvalue weighted by atomic mass is 31.2. The average Bonchev–Trinajstić information content (AvgIpc) is 3.32. The molecular formula is C56H99O11P. The quantitative estimate of drug-likeness (QED) is 0.0197. The van der Waals surface area contributed by atoms with Crippen molar-refractivity contribution < 1.29 is 52.2 Å². The summed E-state index contributed by atoms with van der Waals surface area (Å²) in [7, 11) is -4.75. The summed E-state index contributed by atoms with van der Waals surface area (Å²) in [6.45, 7) is 4.46. The lowest BCUT2D eigenvalue weighted by Gasteiger charge is -2.21. The van der Waals surface area contributed by atoms with Gasteiger partial charge in [0, 0.05) is 19.3 Å². The van der Waals surface area contributed by atoms with Crippen molar-refractivity contribution in [2.75, 3.05) is 26.4 Å². The van der Waals surface area contributed by atoms with Crippen LogP contribution in [0.3, 0.4) is 0 Å². The number of hydrogen-bond acceptors (Lipinski definition) is 10. The van der Waals surface area contributed by atoms with Crippen LogP contribution in [0, 0.1) is 0 Å². The van der Waals surface area contributed by atoms with Crippen LogP contribution in [0.15, 0.2) is 60.8 Å². The van der Waals surface area contributed by atoms with E-state index in [2.05, 4.69) is 81.5 Å². The minimum absolute atomic E-state index is 0.145. The molecule has 0 amide bonds. The van der Waals surface area contributed by atoms with Crippen LogP contribution >= 0.6 is 7.82 Å². The molecule has 11 nitrogen and oxygen atoms in total. The van der Waals surface area contributed by atoms with Gasteiger partial charge in [-0.25, -0.2) is 4.57 Å². The van der Waals surface area contributed by atoms with Gasteiger partial charge in [-0.3, -0.25) is 23.4 Å². The smallest absolute Gasteiger partial charge is 0.462 e. The van der Waals surface area contributed by atoms with Gasteiger partial charge in [-0.1, -0.05) is 197 Å². The molecule has 0 aliphatic rings. The van der Waals surface area contributed by atoms with Gasteiger partial charge in [0.15, 0.2) is 6.10 Å². The van der Waals surface area contributed by atoms with Gasteiger partial charge in [-0.15, -0.1) is 0 Å². The number of hydrogen-bond donors (Lipinski definition) is 2. The zero-order valence-electron chi connectivity index (χ0n) is 43.3. The summed E-state index contributed by atoms with van der Waals surface area (Å²) in [6, 6.07) is 0. The van der Waals surface area contributed by atoms with Crippen molar-refractivity contribution in [2.24, 2.45) is 0 Å². The van der Waals surface area contributed by atoms with Crippen LogP contribution in [0.25, 0.3) is 0 Å². The first-order chi connectivity index (χ1) is 33.2. The highest BCUT2D eigenvalue weighted by molar-refractivity contribution is 7.47. The van der Waals surface area contributed by atoms with Gasteiger partial charge < -0.3 is 24.2 Å².